The Morgan fingerprint density at radius 2 is 1.48 bits per heavy atom. The molecule has 0 saturated heterocycles. The summed E-state index contributed by atoms with van der Waals surface area (Å²) in [6.07, 6.45) is 1.57. The summed E-state index contributed by atoms with van der Waals surface area (Å²) in [5, 5.41) is 17.6. The van der Waals surface area contributed by atoms with Crippen molar-refractivity contribution < 1.29 is 5.11 Å². The number of hydrogen-bond acceptors (Lipinski definition) is 3. The first-order chi connectivity index (χ1) is 14.1. The van der Waals surface area contributed by atoms with Gasteiger partial charge in [-0.25, -0.2) is 0 Å². The number of rotatable bonds is 10. The van der Waals surface area contributed by atoms with E-state index in [1.807, 2.05) is 36.4 Å². The first-order valence-electron chi connectivity index (χ1n) is 10.5. The summed E-state index contributed by atoms with van der Waals surface area (Å²) in [4.78, 5) is 0. The highest BCUT2D eigenvalue weighted by Crippen LogP contribution is 2.25. The number of phenols is 1. The lowest BCUT2D eigenvalue weighted by Gasteiger charge is -2.15. The van der Waals surface area contributed by atoms with Gasteiger partial charge in [0.15, 0.2) is 0 Å². The lowest BCUT2D eigenvalue weighted by Crippen LogP contribution is -2.24. The summed E-state index contributed by atoms with van der Waals surface area (Å²) >= 11 is 0. The largest absolute Gasteiger partial charge is 0.507 e. The fraction of sp³-hybridized carbons (Fsp3) is 0.308. The van der Waals surface area contributed by atoms with E-state index >= 15 is 0 Å². The Balaban J connectivity index is 1.45. The normalized spacial score (nSPS) is 11.0. The molecule has 152 valence electrons. The molecule has 3 aromatic rings. The molecule has 0 heterocycles. The Kier molecular flexibility index (Phi) is 7.71. The zero-order chi connectivity index (χ0) is 20.5. The molecule has 3 rings (SSSR count). The lowest BCUT2D eigenvalue weighted by atomic mass is 10.00. The molecule has 3 aromatic carbocycles. The van der Waals surface area contributed by atoms with Crippen molar-refractivity contribution in [2.75, 3.05) is 25.0 Å². The molecular weight excluding hydrogens is 356 g/mol. The van der Waals surface area contributed by atoms with Crippen LogP contribution in [0.5, 0.6) is 5.75 Å². The van der Waals surface area contributed by atoms with Gasteiger partial charge in [0.05, 0.1) is 0 Å². The number of aromatic hydroxyl groups is 1. The van der Waals surface area contributed by atoms with Crippen LogP contribution in [0.3, 0.4) is 0 Å². The minimum absolute atomic E-state index is 0.433. The molecule has 0 aliphatic carbocycles. The van der Waals surface area contributed by atoms with E-state index in [1.54, 1.807) is 0 Å². The van der Waals surface area contributed by atoms with E-state index in [1.165, 1.54) is 16.8 Å². The highest BCUT2D eigenvalue weighted by Gasteiger charge is 2.08. The fourth-order valence-corrected chi connectivity index (χ4v) is 3.60. The van der Waals surface area contributed by atoms with Gasteiger partial charge in [-0.05, 0) is 47.2 Å². The quantitative estimate of drug-likeness (QED) is 0.410. The Labute approximate surface area is 174 Å². The van der Waals surface area contributed by atoms with Crippen molar-refractivity contribution in [2.45, 2.75) is 32.6 Å². The van der Waals surface area contributed by atoms with Gasteiger partial charge in [0.2, 0.25) is 0 Å². The topological polar surface area (TPSA) is 44.3 Å². The predicted octanol–water partition coefficient (Wildman–Crippen LogP) is 5.35. The van der Waals surface area contributed by atoms with Crippen LogP contribution in [-0.4, -0.2) is 24.7 Å². The van der Waals surface area contributed by atoms with Crippen molar-refractivity contribution in [3.8, 4) is 5.75 Å². The van der Waals surface area contributed by atoms with E-state index in [-0.39, 0.29) is 0 Å². The summed E-state index contributed by atoms with van der Waals surface area (Å²) in [5.41, 5.74) is 5.78. The van der Waals surface area contributed by atoms with Crippen molar-refractivity contribution >= 4 is 5.69 Å². The van der Waals surface area contributed by atoms with Crippen LogP contribution in [0, 0.1) is 0 Å². The lowest BCUT2D eigenvalue weighted by molar-refractivity contribution is 0.461. The van der Waals surface area contributed by atoms with Gasteiger partial charge >= 0.3 is 0 Å². The van der Waals surface area contributed by atoms with Crippen molar-refractivity contribution in [2.24, 2.45) is 0 Å². The average molecular weight is 389 g/mol. The number of phenolic OH excluding ortho intramolecular Hbond substituents is 1. The van der Waals surface area contributed by atoms with Crippen molar-refractivity contribution in [1.82, 2.24) is 5.32 Å². The first-order valence-corrected chi connectivity index (χ1v) is 10.5. The predicted molar refractivity (Wildman–Crippen MR) is 123 cm³/mol. The maximum atomic E-state index is 10.6. The monoisotopic (exact) mass is 388 g/mol. The highest BCUT2D eigenvalue weighted by atomic mass is 16.3. The Morgan fingerprint density at radius 3 is 2.28 bits per heavy atom. The molecule has 3 heteroatoms. The zero-order valence-corrected chi connectivity index (χ0v) is 17.5. The number of benzene rings is 3. The molecule has 0 aliphatic rings. The number of para-hydroxylation sites is 2. The van der Waals surface area contributed by atoms with Crippen LogP contribution in [0.25, 0.3) is 0 Å². The van der Waals surface area contributed by atoms with E-state index in [9.17, 15) is 5.11 Å². The fourth-order valence-electron chi connectivity index (χ4n) is 3.60. The molecule has 0 aliphatic heterocycles. The van der Waals surface area contributed by atoms with Gasteiger partial charge in [-0.1, -0.05) is 80.6 Å². The summed E-state index contributed by atoms with van der Waals surface area (Å²) < 4.78 is 0. The molecule has 0 saturated carbocycles. The van der Waals surface area contributed by atoms with Crippen LogP contribution >= 0.6 is 0 Å². The van der Waals surface area contributed by atoms with E-state index in [4.69, 9.17) is 0 Å². The van der Waals surface area contributed by atoms with Gasteiger partial charge in [-0.3, -0.25) is 0 Å². The first kappa shape index (κ1) is 20.9. The summed E-state index contributed by atoms with van der Waals surface area (Å²) in [7, 11) is 0. The van der Waals surface area contributed by atoms with Crippen LogP contribution in [0.15, 0.2) is 72.8 Å². The Bertz CT molecular complexity index is 890. The zero-order valence-electron chi connectivity index (χ0n) is 17.5. The van der Waals surface area contributed by atoms with E-state index < -0.39 is 0 Å². The van der Waals surface area contributed by atoms with Crippen LogP contribution in [0.1, 0.15) is 42.0 Å². The van der Waals surface area contributed by atoms with E-state index in [0.717, 1.165) is 43.6 Å². The molecule has 0 atom stereocenters. The van der Waals surface area contributed by atoms with E-state index in [2.05, 4.69) is 60.9 Å². The third-order valence-electron chi connectivity index (χ3n) is 5.21. The molecular formula is C26H32N2O. The SMILES string of the molecule is CC(C)c1ccccc1NCCNCCc1cccc(Cc2ccccc2)c1O. The van der Waals surface area contributed by atoms with Crippen LogP contribution in [-0.2, 0) is 12.8 Å². The summed E-state index contributed by atoms with van der Waals surface area (Å²) in [6.45, 7) is 7.05. The molecule has 0 amide bonds. The van der Waals surface area contributed by atoms with Gasteiger partial charge < -0.3 is 15.7 Å². The molecule has 3 nitrogen and oxygen atoms in total. The number of hydrogen-bond donors (Lipinski definition) is 3. The van der Waals surface area contributed by atoms with Crippen LogP contribution in [0.4, 0.5) is 5.69 Å². The standard InChI is InChI=1S/C26H32N2O/c1-20(2)24-13-6-7-14-25(24)28-18-17-27-16-15-22-11-8-12-23(26(22)29)19-21-9-4-3-5-10-21/h3-14,20,27-29H,15-19H2,1-2H3. The molecule has 0 spiro atoms. The third kappa shape index (κ3) is 6.10. The van der Waals surface area contributed by atoms with Gasteiger partial charge in [0.25, 0.3) is 0 Å². The number of nitrogens with one attached hydrogen (secondary N) is 2. The second-order valence-electron chi connectivity index (χ2n) is 7.76. The van der Waals surface area contributed by atoms with Crippen LogP contribution < -0.4 is 10.6 Å². The second kappa shape index (κ2) is 10.7. The second-order valence-corrected chi connectivity index (χ2v) is 7.76. The third-order valence-corrected chi connectivity index (χ3v) is 5.21. The molecule has 29 heavy (non-hydrogen) atoms. The molecule has 3 N–H and O–H groups in total. The minimum atomic E-state index is 0.433. The molecule has 0 bridgehead atoms. The van der Waals surface area contributed by atoms with Crippen molar-refractivity contribution in [1.29, 1.82) is 0 Å². The maximum absolute atomic E-state index is 10.6. The maximum Gasteiger partial charge on any atom is 0.122 e. The van der Waals surface area contributed by atoms with Gasteiger partial charge in [-0.2, -0.15) is 0 Å². The van der Waals surface area contributed by atoms with E-state index in [0.29, 0.717) is 11.7 Å². The minimum Gasteiger partial charge on any atom is -0.507 e. The van der Waals surface area contributed by atoms with Gasteiger partial charge in [-0.15, -0.1) is 0 Å². The van der Waals surface area contributed by atoms with Crippen molar-refractivity contribution in [3.63, 3.8) is 0 Å². The van der Waals surface area contributed by atoms with Crippen LogP contribution in [0.2, 0.25) is 0 Å². The molecule has 0 radical (unpaired) electrons. The summed E-state index contributed by atoms with van der Waals surface area (Å²) in [6, 6.07) is 24.8. The average Bonchev–Trinajstić information content (AvgIpc) is 2.74. The van der Waals surface area contributed by atoms with Crippen molar-refractivity contribution in [3.05, 3.63) is 95.1 Å². The Hall–Kier alpha value is -2.78. The Morgan fingerprint density at radius 1 is 0.759 bits per heavy atom. The smallest absolute Gasteiger partial charge is 0.122 e. The number of anilines is 1. The van der Waals surface area contributed by atoms with Gasteiger partial charge in [0.1, 0.15) is 5.75 Å². The molecule has 0 fully saturated rings. The molecule has 0 aromatic heterocycles. The highest BCUT2D eigenvalue weighted by molar-refractivity contribution is 5.52. The molecule has 0 unspecified atom stereocenters. The summed E-state index contributed by atoms with van der Waals surface area (Å²) in [5.74, 6) is 0.944. The van der Waals surface area contributed by atoms with Gasteiger partial charge in [0, 0.05) is 25.2 Å².